The van der Waals surface area contributed by atoms with Crippen LogP contribution in [0.1, 0.15) is 31.6 Å². The second-order valence-corrected chi connectivity index (χ2v) is 6.53. The van der Waals surface area contributed by atoms with Gasteiger partial charge in [0, 0.05) is 11.5 Å². The molecule has 2 aliphatic rings. The maximum Gasteiger partial charge on any atom is 0.183 e. The van der Waals surface area contributed by atoms with E-state index >= 15 is 0 Å². The van der Waals surface area contributed by atoms with Crippen molar-refractivity contribution in [3.05, 3.63) is 34.6 Å². The van der Waals surface area contributed by atoms with Gasteiger partial charge < -0.3 is 18.9 Å². The highest BCUT2D eigenvalue weighted by molar-refractivity contribution is 6.30. The molecular formula is C17H22ClFO4. The molecule has 0 spiro atoms. The highest BCUT2D eigenvalue weighted by Gasteiger charge is 2.34. The largest absolute Gasteiger partial charge is 0.352 e. The van der Waals surface area contributed by atoms with E-state index in [0.29, 0.717) is 24.7 Å². The summed E-state index contributed by atoms with van der Waals surface area (Å²) in [5.41, 5.74) is 0.624. The summed E-state index contributed by atoms with van der Waals surface area (Å²) in [7, 11) is 0. The highest BCUT2D eigenvalue weighted by atomic mass is 35.5. The van der Waals surface area contributed by atoms with Crippen molar-refractivity contribution >= 4 is 11.6 Å². The second-order valence-electron chi connectivity index (χ2n) is 6.12. The number of hydrogen-bond donors (Lipinski definition) is 0. The molecule has 1 aromatic rings. The zero-order chi connectivity index (χ0) is 16.2. The van der Waals surface area contributed by atoms with Crippen LogP contribution in [0, 0.1) is 17.7 Å². The molecule has 2 fully saturated rings. The van der Waals surface area contributed by atoms with Crippen molar-refractivity contribution in [2.24, 2.45) is 11.8 Å². The Morgan fingerprint density at radius 3 is 2.39 bits per heavy atom. The van der Waals surface area contributed by atoms with Gasteiger partial charge in [-0.25, -0.2) is 4.39 Å². The van der Waals surface area contributed by atoms with Crippen LogP contribution in [0.25, 0.3) is 0 Å². The van der Waals surface area contributed by atoms with Crippen LogP contribution in [0.4, 0.5) is 4.39 Å². The summed E-state index contributed by atoms with van der Waals surface area (Å²) in [6.45, 7) is 4.52. The van der Waals surface area contributed by atoms with Crippen molar-refractivity contribution in [3.63, 3.8) is 0 Å². The van der Waals surface area contributed by atoms with Crippen LogP contribution >= 0.6 is 11.6 Å². The molecule has 2 heterocycles. The maximum atomic E-state index is 13.5. The summed E-state index contributed by atoms with van der Waals surface area (Å²) in [4.78, 5) is 0. The fourth-order valence-corrected chi connectivity index (χ4v) is 3.05. The summed E-state index contributed by atoms with van der Waals surface area (Å²) >= 11 is 5.69. The first-order chi connectivity index (χ1) is 11.2. The summed E-state index contributed by atoms with van der Waals surface area (Å²) in [5, 5.41) is 0.0908. The molecule has 0 bridgehead atoms. The number of hydrogen-bond acceptors (Lipinski definition) is 4. The normalized spacial score (nSPS) is 32.0. The summed E-state index contributed by atoms with van der Waals surface area (Å²) in [6.07, 6.45) is 1.39. The van der Waals surface area contributed by atoms with E-state index in [1.54, 1.807) is 6.07 Å². The van der Waals surface area contributed by atoms with Gasteiger partial charge in [0.1, 0.15) is 5.82 Å². The lowest BCUT2D eigenvalue weighted by Gasteiger charge is -2.37. The third kappa shape index (κ3) is 4.22. The van der Waals surface area contributed by atoms with Crippen LogP contribution < -0.4 is 0 Å². The molecule has 128 valence electrons. The van der Waals surface area contributed by atoms with Crippen LogP contribution in [-0.4, -0.2) is 32.7 Å². The van der Waals surface area contributed by atoms with Gasteiger partial charge in [0.05, 0.1) is 37.4 Å². The van der Waals surface area contributed by atoms with Gasteiger partial charge in [-0.2, -0.15) is 0 Å². The fraction of sp³-hybridized carbons (Fsp3) is 0.647. The van der Waals surface area contributed by atoms with E-state index in [0.717, 1.165) is 26.1 Å². The first-order valence-corrected chi connectivity index (χ1v) is 8.46. The van der Waals surface area contributed by atoms with Gasteiger partial charge in [0.25, 0.3) is 0 Å². The molecule has 2 aliphatic heterocycles. The molecule has 3 rings (SSSR count). The zero-order valence-corrected chi connectivity index (χ0v) is 13.9. The third-order valence-electron chi connectivity index (χ3n) is 4.21. The SMILES string of the molecule is CCC[C@H]1CO[C@H]([C@H]2CO[C@H](c3ccc(Cl)c(F)c3)OC2)OC1. The molecule has 2 saturated heterocycles. The van der Waals surface area contributed by atoms with E-state index in [-0.39, 0.29) is 17.2 Å². The van der Waals surface area contributed by atoms with Gasteiger partial charge >= 0.3 is 0 Å². The number of halogens is 2. The average Bonchev–Trinajstić information content (AvgIpc) is 2.59. The Kier molecular flexibility index (Phi) is 5.88. The Balaban J connectivity index is 1.50. The van der Waals surface area contributed by atoms with Crippen LogP contribution in [0.15, 0.2) is 18.2 Å². The summed E-state index contributed by atoms with van der Waals surface area (Å²) < 4.78 is 36.5. The van der Waals surface area contributed by atoms with Gasteiger partial charge in [0.2, 0.25) is 0 Å². The van der Waals surface area contributed by atoms with Gasteiger partial charge in [-0.3, -0.25) is 0 Å². The Bertz CT molecular complexity index is 511. The van der Waals surface area contributed by atoms with E-state index in [4.69, 9.17) is 30.5 Å². The van der Waals surface area contributed by atoms with Crippen molar-refractivity contribution in [1.82, 2.24) is 0 Å². The minimum absolute atomic E-state index is 0.0333. The first-order valence-electron chi connectivity index (χ1n) is 8.08. The minimum atomic E-state index is -0.575. The molecule has 0 saturated carbocycles. The molecule has 0 aromatic heterocycles. The topological polar surface area (TPSA) is 36.9 Å². The molecule has 0 aliphatic carbocycles. The maximum absolute atomic E-state index is 13.5. The van der Waals surface area contributed by atoms with E-state index in [1.807, 2.05) is 0 Å². The molecule has 0 unspecified atom stereocenters. The Morgan fingerprint density at radius 1 is 1.09 bits per heavy atom. The van der Waals surface area contributed by atoms with Crippen LogP contribution in [0.3, 0.4) is 0 Å². The van der Waals surface area contributed by atoms with Crippen molar-refractivity contribution in [3.8, 4) is 0 Å². The smallest absolute Gasteiger partial charge is 0.183 e. The number of benzene rings is 1. The second kappa shape index (κ2) is 7.90. The Morgan fingerprint density at radius 2 is 1.78 bits per heavy atom. The lowest BCUT2D eigenvalue weighted by atomic mass is 10.0. The van der Waals surface area contributed by atoms with Crippen molar-refractivity contribution in [1.29, 1.82) is 0 Å². The van der Waals surface area contributed by atoms with Gasteiger partial charge in [0.15, 0.2) is 12.6 Å². The van der Waals surface area contributed by atoms with Gasteiger partial charge in [-0.1, -0.05) is 31.0 Å². The van der Waals surface area contributed by atoms with E-state index in [1.165, 1.54) is 12.1 Å². The molecule has 1 aromatic carbocycles. The van der Waals surface area contributed by atoms with Gasteiger partial charge in [-0.05, 0) is 18.6 Å². The molecule has 0 atom stereocenters. The molecule has 4 nitrogen and oxygen atoms in total. The molecule has 6 heteroatoms. The first kappa shape index (κ1) is 17.1. The standard InChI is InChI=1S/C17H22ClFO4/c1-2-3-11-7-20-17(21-8-11)13-9-22-16(23-10-13)12-4-5-14(18)15(19)6-12/h4-6,11,13,16-17H,2-3,7-10H2,1H3/t11-,13-,16-,17-. The van der Waals surface area contributed by atoms with Gasteiger partial charge in [-0.15, -0.1) is 0 Å². The summed E-state index contributed by atoms with van der Waals surface area (Å²) in [6, 6.07) is 4.56. The minimum Gasteiger partial charge on any atom is -0.352 e. The molecular weight excluding hydrogens is 323 g/mol. The van der Waals surface area contributed by atoms with Crippen molar-refractivity contribution in [2.75, 3.05) is 26.4 Å². The van der Waals surface area contributed by atoms with Crippen molar-refractivity contribution < 1.29 is 23.3 Å². The monoisotopic (exact) mass is 344 g/mol. The lowest BCUT2D eigenvalue weighted by Crippen LogP contribution is -2.43. The average molecular weight is 345 g/mol. The molecule has 0 N–H and O–H groups in total. The predicted molar refractivity (Wildman–Crippen MR) is 83.6 cm³/mol. The predicted octanol–water partition coefficient (Wildman–Crippen LogP) is 3.93. The molecule has 0 radical (unpaired) electrons. The zero-order valence-electron chi connectivity index (χ0n) is 13.2. The summed E-state index contributed by atoms with van der Waals surface area (Å²) in [5.74, 6) is 0.0387. The Hall–Kier alpha value is -0.720. The quantitative estimate of drug-likeness (QED) is 0.829. The van der Waals surface area contributed by atoms with E-state index in [9.17, 15) is 4.39 Å². The molecule has 23 heavy (non-hydrogen) atoms. The Labute approximate surface area is 140 Å². The lowest BCUT2D eigenvalue weighted by molar-refractivity contribution is -0.283. The van der Waals surface area contributed by atoms with Crippen LogP contribution in [0.2, 0.25) is 5.02 Å². The number of ether oxygens (including phenoxy) is 4. The molecule has 0 amide bonds. The third-order valence-corrected chi connectivity index (χ3v) is 4.52. The van der Waals surface area contributed by atoms with Crippen LogP contribution in [0.5, 0.6) is 0 Å². The van der Waals surface area contributed by atoms with E-state index < -0.39 is 12.1 Å². The number of rotatable bonds is 4. The highest BCUT2D eigenvalue weighted by Crippen LogP contribution is 2.30. The fourth-order valence-electron chi connectivity index (χ4n) is 2.93. The van der Waals surface area contributed by atoms with E-state index in [2.05, 4.69) is 6.92 Å². The van der Waals surface area contributed by atoms with Crippen molar-refractivity contribution in [2.45, 2.75) is 32.3 Å². The van der Waals surface area contributed by atoms with Crippen LogP contribution in [-0.2, 0) is 18.9 Å².